The largest absolute Gasteiger partial charge is 0.329 e. The summed E-state index contributed by atoms with van der Waals surface area (Å²) in [5, 5.41) is 0.809. The lowest BCUT2D eigenvalue weighted by molar-refractivity contribution is 0.0571. The van der Waals surface area contributed by atoms with Crippen molar-refractivity contribution in [3.05, 3.63) is 34.9 Å². The third-order valence-electron chi connectivity index (χ3n) is 5.78. The van der Waals surface area contributed by atoms with Crippen molar-refractivity contribution in [2.45, 2.75) is 43.8 Å². The first kappa shape index (κ1) is 15.3. The molecule has 2 fully saturated rings. The number of hydrogen-bond donors (Lipinski definition) is 1. The van der Waals surface area contributed by atoms with Crippen LogP contribution in [0.15, 0.2) is 24.3 Å². The molecule has 0 saturated carbocycles. The average Bonchev–Trinajstić information content (AvgIpc) is 3.08. The van der Waals surface area contributed by atoms with E-state index in [1.165, 1.54) is 37.9 Å². The quantitative estimate of drug-likeness (QED) is 0.928. The van der Waals surface area contributed by atoms with Gasteiger partial charge in [-0.25, -0.2) is 0 Å². The van der Waals surface area contributed by atoms with Crippen LogP contribution >= 0.6 is 11.6 Å². The number of nitrogens with two attached hydrogens (primary N) is 1. The number of hydrogen-bond acceptors (Lipinski definition) is 3. The maximum Gasteiger partial charge on any atom is 0.0501 e. The summed E-state index contributed by atoms with van der Waals surface area (Å²) in [6.45, 7) is 5.43. The van der Waals surface area contributed by atoms with E-state index in [0.29, 0.717) is 12.1 Å². The molecule has 0 amide bonds. The molecule has 0 bridgehead atoms. The fourth-order valence-corrected chi connectivity index (χ4v) is 4.57. The molecule has 2 heterocycles. The van der Waals surface area contributed by atoms with E-state index in [4.69, 9.17) is 17.3 Å². The van der Waals surface area contributed by atoms with E-state index in [9.17, 15) is 0 Å². The number of benzene rings is 1. The van der Waals surface area contributed by atoms with Crippen LogP contribution in [0, 0.1) is 0 Å². The smallest absolute Gasteiger partial charge is 0.0501 e. The van der Waals surface area contributed by atoms with Crippen LogP contribution < -0.4 is 5.73 Å². The Bertz CT molecular complexity index is 507. The summed E-state index contributed by atoms with van der Waals surface area (Å²) >= 11 is 6.16. The Balaban J connectivity index is 1.87. The van der Waals surface area contributed by atoms with Gasteiger partial charge in [-0.15, -0.1) is 0 Å². The molecule has 2 N–H and O–H groups in total. The Morgan fingerprint density at radius 2 is 2.29 bits per heavy atom. The minimum absolute atomic E-state index is 0.109. The number of halogens is 1. The number of fused-ring (bicyclic) bond motifs is 1. The fourth-order valence-electron chi connectivity index (χ4n) is 4.38. The molecule has 3 atom stereocenters. The summed E-state index contributed by atoms with van der Waals surface area (Å²) in [5.74, 6) is 0. The van der Waals surface area contributed by atoms with Gasteiger partial charge in [-0.3, -0.25) is 9.80 Å². The highest BCUT2D eigenvalue weighted by molar-refractivity contribution is 6.30. The van der Waals surface area contributed by atoms with E-state index < -0.39 is 0 Å². The molecule has 4 heteroatoms. The summed E-state index contributed by atoms with van der Waals surface area (Å²) in [6, 6.07) is 9.16. The van der Waals surface area contributed by atoms with Gasteiger partial charge in [0, 0.05) is 30.2 Å². The Hall–Kier alpha value is -0.610. The second-order valence-corrected chi connectivity index (χ2v) is 7.03. The van der Waals surface area contributed by atoms with E-state index in [2.05, 4.69) is 35.9 Å². The van der Waals surface area contributed by atoms with Crippen LogP contribution in [0.3, 0.4) is 0 Å². The second-order valence-electron chi connectivity index (χ2n) is 6.59. The van der Waals surface area contributed by atoms with Crippen molar-refractivity contribution in [1.29, 1.82) is 0 Å². The zero-order valence-corrected chi connectivity index (χ0v) is 13.8. The van der Waals surface area contributed by atoms with Crippen molar-refractivity contribution >= 4 is 11.6 Å². The second kappa shape index (κ2) is 5.88. The molecule has 0 spiro atoms. The van der Waals surface area contributed by atoms with E-state index in [-0.39, 0.29) is 5.54 Å². The minimum atomic E-state index is 0.109. The molecule has 3 unspecified atom stereocenters. The van der Waals surface area contributed by atoms with E-state index in [1.807, 2.05) is 12.1 Å². The molecule has 1 aromatic carbocycles. The van der Waals surface area contributed by atoms with Crippen molar-refractivity contribution in [3.63, 3.8) is 0 Å². The summed E-state index contributed by atoms with van der Waals surface area (Å²) in [6.07, 6.45) is 3.77. The molecule has 0 aliphatic carbocycles. The van der Waals surface area contributed by atoms with Crippen LogP contribution in [-0.4, -0.2) is 48.1 Å². The highest BCUT2D eigenvalue weighted by Crippen LogP contribution is 2.42. The lowest BCUT2D eigenvalue weighted by Crippen LogP contribution is -2.59. The zero-order valence-electron chi connectivity index (χ0n) is 13.1. The molecular formula is C17H26ClN3. The van der Waals surface area contributed by atoms with Crippen LogP contribution in [0.2, 0.25) is 5.02 Å². The topological polar surface area (TPSA) is 32.5 Å². The van der Waals surface area contributed by atoms with Crippen LogP contribution in [0.5, 0.6) is 0 Å². The molecule has 2 saturated heterocycles. The van der Waals surface area contributed by atoms with Crippen LogP contribution in [0.4, 0.5) is 0 Å². The Morgan fingerprint density at radius 3 is 3.00 bits per heavy atom. The number of likely N-dealkylation sites (N-methyl/N-ethyl adjacent to an activating group) is 1. The molecule has 2 aliphatic rings. The van der Waals surface area contributed by atoms with Gasteiger partial charge in [-0.2, -0.15) is 0 Å². The summed E-state index contributed by atoms with van der Waals surface area (Å²) in [4.78, 5) is 5.14. The first-order valence-electron chi connectivity index (χ1n) is 8.01. The number of rotatable bonds is 4. The van der Waals surface area contributed by atoms with Gasteiger partial charge in [0.2, 0.25) is 0 Å². The van der Waals surface area contributed by atoms with Gasteiger partial charge >= 0.3 is 0 Å². The van der Waals surface area contributed by atoms with E-state index in [1.54, 1.807) is 0 Å². The lowest BCUT2D eigenvalue weighted by atomic mass is 9.85. The van der Waals surface area contributed by atoms with E-state index in [0.717, 1.165) is 11.6 Å². The monoisotopic (exact) mass is 307 g/mol. The predicted octanol–water partition coefficient (Wildman–Crippen LogP) is 2.90. The van der Waals surface area contributed by atoms with Gasteiger partial charge in [0.25, 0.3) is 0 Å². The highest BCUT2D eigenvalue weighted by atomic mass is 35.5. The SMILES string of the molecule is CC(c1cccc(Cl)c1)N(C)C1(CN)CCN2CCCC21. The van der Waals surface area contributed by atoms with Gasteiger partial charge < -0.3 is 5.73 Å². The molecule has 3 nitrogen and oxygen atoms in total. The molecule has 3 rings (SSSR count). The van der Waals surface area contributed by atoms with Crippen molar-refractivity contribution in [2.75, 3.05) is 26.7 Å². The molecule has 0 radical (unpaired) electrons. The standard InChI is InChI=1S/C17H26ClN3/c1-13(14-5-3-6-15(18)11-14)20(2)17(12-19)8-10-21-9-4-7-16(17)21/h3,5-6,11,13,16H,4,7-10,12,19H2,1-2H3. The highest BCUT2D eigenvalue weighted by Gasteiger charge is 2.51. The first-order chi connectivity index (χ1) is 10.1. The summed E-state index contributed by atoms with van der Waals surface area (Å²) < 4.78 is 0. The van der Waals surface area contributed by atoms with E-state index >= 15 is 0 Å². The molecule has 2 aliphatic heterocycles. The normalized spacial score (nSPS) is 30.8. The van der Waals surface area contributed by atoms with Crippen LogP contribution in [0.1, 0.15) is 37.8 Å². The van der Waals surface area contributed by atoms with Crippen molar-refractivity contribution in [2.24, 2.45) is 5.73 Å². The third kappa shape index (κ3) is 2.50. The molecule has 0 aromatic heterocycles. The van der Waals surface area contributed by atoms with Crippen LogP contribution in [0.25, 0.3) is 0 Å². The van der Waals surface area contributed by atoms with Crippen molar-refractivity contribution in [1.82, 2.24) is 9.80 Å². The van der Waals surface area contributed by atoms with Gasteiger partial charge in [-0.05, 0) is 57.5 Å². The van der Waals surface area contributed by atoms with Crippen molar-refractivity contribution < 1.29 is 0 Å². The maximum atomic E-state index is 6.28. The molecule has 21 heavy (non-hydrogen) atoms. The lowest BCUT2D eigenvalue weighted by Gasteiger charge is -2.45. The Labute approximate surface area is 133 Å². The van der Waals surface area contributed by atoms with Crippen LogP contribution in [-0.2, 0) is 0 Å². The summed E-state index contributed by atoms with van der Waals surface area (Å²) in [5.41, 5.74) is 7.66. The number of nitrogens with zero attached hydrogens (tertiary/aromatic N) is 2. The molecule has 116 valence electrons. The van der Waals surface area contributed by atoms with Crippen molar-refractivity contribution in [3.8, 4) is 0 Å². The first-order valence-corrected chi connectivity index (χ1v) is 8.39. The summed E-state index contributed by atoms with van der Waals surface area (Å²) in [7, 11) is 2.24. The fraction of sp³-hybridized carbons (Fsp3) is 0.647. The third-order valence-corrected chi connectivity index (χ3v) is 6.02. The zero-order chi connectivity index (χ0) is 15.0. The molecular weight excluding hydrogens is 282 g/mol. The minimum Gasteiger partial charge on any atom is -0.329 e. The average molecular weight is 308 g/mol. The Morgan fingerprint density at radius 1 is 1.48 bits per heavy atom. The Kier molecular flexibility index (Phi) is 4.28. The maximum absolute atomic E-state index is 6.28. The predicted molar refractivity (Wildman–Crippen MR) is 88.6 cm³/mol. The van der Waals surface area contributed by atoms with Gasteiger partial charge in [0.1, 0.15) is 0 Å². The van der Waals surface area contributed by atoms with Gasteiger partial charge in [0.05, 0.1) is 5.54 Å². The molecule has 1 aromatic rings. The van der Waals surface area contributed by atoms with Gasteiger partial charge in [-0.1, -0.05) is 23.7 Å². The van der Waals surface area contributed by atoms with Gasteiger partial charge in [0.15, 0.2) is 0 Å².